The molecule has 1 N–H and O–H groups in total. The van der Waals surface area contributed by atoms with E-state index in [0.717, 1.165) is 13.0 Å². The topological polar surface area (TPSA) is 30.5 Å². The summed E-state index contributed by atoms with van der Waals surface area (Å²) in [5.41, 5.74) is 0.0943. The smallest absolute Gasteiger partial charge is 0.0707 e. The number of nitrogens with one attached hydrogen (secondary N) is 1. The summed E-state index contributed by atoms with van der Waals surface area (Å²) in [6.07, 6.45) is 6.87. The molecule has 1 heterocycles. The summed E-state index contributed by atoms with van der Waals surface area (Å²) in [6, 6.07) is 0.636. The summed E-state index contributed by atoms with van der Waals surface area (Å²) in [5, 5.41) is 3.62. The Morgan fingerprint density at radius 2 is 2.12 bits per heavy atom. The SMILES string of the molecule is COC1CCC(NCC2CCC(C)(C)O2)C1. The van der Waals surface area contributed by atoms with Crippen molar-refractivity contribution < 1.29 is 9.47 Å². The molecular formula is C13H25NO2. The van der Waals surface area contributed by atoms with Crippen molar-refractivity contribution in [2.24, 2.45) is 0 Å². The van der Waals surface area contributed by atoms with E-state index in [1.807, 2.05) is 7.11 Å². The summed E-state index contributed by atoms with van der Waals surface area (Å²) in [5.74, 6) is 0. The minimum Gasteiger partial charge on any atom is -0.381 e. The molecule has 2 rings (SSSR count). The predicted molar refractivity (Wildman–Crippen MR) is 64.6 cm³/mol. The second-order valence-corrected chi connectivity index (χ2v) is 5.81. The highest BCUT2D eigenvalue weighted by atomic mass is 16.5. The van der Waals surface area contributed by atoms with Crippen molar-refractivity contribution in [3.05, 3.63) is 0 Å². The van der Waals surface area contributed by atoms with Crippen LogP contribution in [-0.2, 0) is 9.47 Å². The standard InChI is InChI=1S/C13H25NO2/c1-13(2)7-6-12(16-13)9-14-10-4-5-11(8-10)15-3/h10-12,14H,4-9H2,1-3H3. The van der Waals surface area contributed by atoms with E-state index in [-0.39, 0.29) is 5.60 Å². The van der Waals surface area contributed by atoms with Gasteiger partial charge >= 0.3 is 0 Å². The molecule has 0 bridgehead atoms. The molecule has 3 atom stereocenters. The van der Waals surface area contributed by atoms with Gasteiger partial charge in [0.05, 0.1) is 17.8 Å². The molecule has 0 spiro atoms. The minimum atomic E-state index is 0.0943. The molecule has 3 heteroatoms. The van der Waals surface area contributed by atoms with Gasteiger partial charge in [0, 0.05) is 19.7 Å². The van der Waals surface area contributed by atoms with E-state index in [1.165, 1.54) is 25.7 Å². The van der Waals surface area contributed by atoms with Crippen LogP contribution in [0.4, 0.5) is 0 Å². The molecule has 0 aromatic heterocycles. The van der Waals surface area contributed by atoms with Gasteiger partial charge in [-0.05, 0) is 46.0 Å². The zero-order valence-corrected chi connectivity index (χ0v) is 10.8. The second kappa shape index (κ2) is 5.03. The van der Waals surface area contributed by atoms with Crippen molar-refractivity contribution in [3.63, 3.8) is 0 Å². The Morgan fingerprint density at radius 1 is 1.31 bits per heavy atom. The summed E-state index contributed by atoms with van der Waals surface area (Å²) in [6.45, 7) is 5.37. The average molecular weight is 227 g/mol. The first-order valence-corrected chi connectivity index (χ1v) is 6.53. The van der Waals surface area contributed by atoms with Gasteiger partial charge in [-0.2, -0.15) is 0 Å². The Balaban J connectivity index is 1.65. The van der Waals surface area contributed by atoms with Crippen LogP contribution in [0.2, 0.25) is 0 Å². The molecule has 1 aliphatic heterocycles. The number of hydrogen-bond donors (Lipinski definition) is 1. The molecule has 2 aliphatic rings. The van der Waals surface area contributed by atoms with E-state index < -0.39 is 0 Å². The van der Waals surface area contributed by atoms with Crippen molar-refractivity contribution in [3.8, 4) is 0 Å². The number of rotatable bonds is 4. The monoisotopic (exact) mass is 227 g/mol. The van der Waals surface area contributed by atoms with E-state index in [1.54, 1.807) is 0 Å². The van der Waals surface area contributed by atoms with Crippen LogP contribution in [0.1, 0.15) is 46.0 Å². The van der Waals surface area contributed by atoms with Gasteiger partial charge in [-0.25, -0.2) is 0 Å². The predicted octanol–water partition coefficient (Wildman–Crippen LogP) is 2.10. The summed E-state index contributed by atoms with van der Waals surface area (Å²) in [7, 11) is 1.82. The zero-order chi connectivity index (χ0) is 11.6. The lowest BCUT2D eigenvalue weighted by atomic mass is 10.1. The van der Waals surface area contributed by atoms with Crippen molar-refractivity contribution in [1.82, 2.24) is 5.32 Å². The first-order chi connectivity index (χ1) is 7.59. The van der Waals surface area contributed by atoms with Gasteiger partial charge in [0.25, 0.3) is 0 Å². The largest absolute Gasteiger partial charge is 0.381 e. The number of methoxy groups -OCH3 is 1. The molecule has 1 saturated heterocycles. The van der Waals surface area contributed by atoms with Crippen LogP contribution in [0.25, 0.3) is 0 Å². The molecule has 2 fully saturated rings. The highest BCUT2D eigenvalue weighted by Crippen LogP contribution is 2.29. The van der Waals surface area contributed by atoms with Crippen molar-refractivity contribution in [2.45, 2.75) is 69.8 Å². The van der Waals surface area contributed by atoms with Gasteiger partial charge in [0.1, 0.15) is 0 Å². The van der Waals surface area contributed by atoms with Crippen LogP contribution in [0, 0.1) is 0 Å². The lowest BCUT2D eigenvalue weighted by Gasteiger charge is -2.21. The van der Waals surface area contributed by atoms with Gasteiger partial charge in [-0.15, -0.1) is 0 Å². The maximum atomic E-state index is 5.97. The Bertz CT molecular complexity index is 230. The lowest BCUT2D eigenvalue weighted by Crippen LogP contribution is -2.35. The normalized spacial score (nSPS) is 38.1. The molecule has 0 aromatic rings. The molecule has 0 amide bonds. The molecular weight excluding hydrogens is 202 g/mol. The molecule has 3 nitrogen and oxygen atoms in total. The highest BCUT2D eigenvalue weighted by Gasteiger charge is 2.32. The minimum absolute atomic E-state index is 0.0943. The molecule has 0 radical (unpaired) electrons. The summed E-state index contributed by atoms with van der Waals surface area (Å²) < 4.78 is 11.3. The first-order valence-electron chi connectivity index (χ1n) is 6.53. The van der Waals surface area contributed by atoms with Crippen molar-refractivity contribution in [1.29, 1.82) is 0 Å². The molecule has 1 aliphatic carbocycles. The fourth-order valence-electron chi connectivity index (χ4n) is 2.86. The highest BCUT2D eigenvalue weighted by molar-refractivity contribution is 4.85. The van der Waals surface area contributed by atoms with Gasteiger partial charge in [0.2, 0.25) is 0 Å². The summed E-state index contributed by atoms with van der Waals surface area (Å²) in [4.78, 5) is 0. The number of hydrogen-bond acceptors (Lipinski definition) is 3. The Kier molecular flexibility index (Phi) is 3.88. The van der Waals surface area contributed by atoms with Crippen LogP contribution in [-0.4, -0.2) is 37.5 Å². The fraction of sp³-hybridized carbons (Fsp3) is 1.00. The zero-order valence-electron chi connectivity index (χ0n) is 10.8. The third kappa shape index (κ3) is 3.19. The summed E-state index contributed by atoms with van der Waals surface area (Å²) >= 11 is 0. The van der Waals surface area contributed by atoms with E-state index >= 15 is 0 Å². The van der Waals surface area contributed by atoms with Crippen molar-refractivity contribution in [2.75, 3.05) is 13.7 Å². The van der Waals surface area contributed by atoms with Crippen LogP contribution >= 0.6 is 0 Å². The molecule has 16 heavy (non-hydrogen) atoms. The van der Waals surface area contributed by atoms with E-state index in [0.29, 0.717) is 18.2 Å². The van der Waals surface area contributed by atoms with E-state index in [9.17, 15) is 0 Å². The van der Waals surface area contributed by atoms with Crippen LogP contribution in [0.15, 0.2) is 0 Å². The maximum Gasteiger partial charge on any atom is 0.0707 e. The third-order valence-electron chi connectivity index (χ3n) is 3.91. The average Bonchev–Trinajstić information content (AvgIpc) is 2.81. The quantitative estimate of drug-likeness (QED) is 0.798. The van der Waals surface area contributed by atoms with Gasteiger partial charge in [-0.3, -0.25) is 0 Å². The maximum absolute atomic E-state index is 5.97. The molecule has 1 saturated carbocycles. The first kappa shape index (κ1) is 12.3. The van der Waals surface area contributed by atoms with E-state index in [2.05, 4.69) is 19.2 Å². The fourth-order valence-corrected chi connectivity index (χ4v) is 2.86. The van der Waals surface area contributed by atoms with Crippen LogP contribution in [0.3, 0.4) is 0 Å². The second-order valence-electron chi connectivity index (χ2n) is 5.81. The van der Waals surface area contributed by atoms with Crippen LogP contribution < -0.4 is 5.32 Å². The van der Waals surface area contributed by atoms with E-state index in [4.69, 9.17) is 9.47 Å². The van der Waals surface area contributed by atoms with Gasteiger partial charge in [0.15, 0.2) is 0 Å². The number of ether oxygens (including phenoxy) is 2. The third-order valence-corrected chi connectivity index (χ3v) is 3.91. The Labute approximate surface area is 98.9 Å². The van der Waals surface area contributed by atoms with Gasteiger partial charge < -0.3 is 14.8 Å². The Hall–Kier alpha value is -0.120. The Morgan fingerprint density at radius 3 is 2.69 bits per heavy atom. The van der Waals surface area contributed by atoms with Crippen LogP contribution in [0.5, 0.6) is 0 Å². The molecule has 0 aromatic carbocycles. The van der Waals surface area contributed by atoms with Crippen molar-refractivity contribution >= 4 is 0 Å². The molecule has 3 unspecified atom stereocenters. The van der Waals surface area contributed by atoms with Gasteiger partial charge in [-0.1, -0.05) is 0 Å². The lowest BCUT2D eigenvalue weighted by molar-refractivity contribution is -0.0152. The molecule has 94 valence electrons.